The van der Waals surface area contributed by atoms with E-state index in [0.717, 1.165) is 20.4 Å². The summed E-state index contributed by atoms with van der Waals surface area (Å²) in [6.45, 7) is 18.5. The highest BCUT2D eigenvalue weighted by atomic mass is 127. The van der Waals surface area contributed by atoms with Gasteiger partial charge in [0.1, 0.15) is 23.7 Å². The van der Waals surface area contributed by atoms with Crippen LogP contribution in [0.5, 0.6) is 11.5 Å². The van der Waals surface area contributed by atoms with Crippen molar-refractivity contribution in [2.75, 3.05) is 70.7 Å². The molecule has 0 fully saturated rings. The zero-order chi connectivity index (χ0) is 48.9. The Morgan fingerprint density at radius 2 is 1.03 bits per heavy atom. The van der Waals surface area contributed by atoms with Gasteiger partial charge in [-0.25, -0.2) is 9.98 Å². The third-order valence-corrected chi connectivity index (χ3v) is 11.0. The fourth-order valence-corrected chi connectivity index (χ4v) is 6.84. The van der Waals surface area contributed by atoms with Gasteiger partial charge in [-0.05, 0) is 155 Å². The molecule has 2 heterocycles. The van der Waals surface area contributed by atoms with Crippen LogP contribution in [0.25, 0.3) is 0 Å². The van der Waals surface area contributed by atoms with Crippen LogP contribution in [-0.2, 0) is 19.1 Å². The number of amides is 2. The fraction of sp³-hybridized carbons (Fsp3) is 0.385. The third kappa shape index (κ3) is 16.3. The Labute approximate surface area is 405 Å². The van der Waals surface area contributed by atoms with Gasteiger partial charge in [-0.1, -0.05) is 38.5 Å². The highest BCUT2D eigenvalue weighted by Gasteiger charge is 2.35. The molecule has 352 valence electrons. The first-order chi connectivity index (χ1) is 31.5. The van der Waals surface area contributed by atoms with Crippen molar-refractivity contribution in [1.82, 2.24) is 15.5 Å². The predicted molar refractivity (Wildman–Crippen MR) is 277 cm³/mol. The minimum absolute atomic E-state index is 0.0160. The number of carbonyl (C=O) groups excluding carboxylic acids is 2. The summed E-state index contributed by atoms with van der Waals surface area (Å²) in [7, 11) is 7.99. The Hall–Kier alpha value is -6.23. The number of benzene rings is 4. The van der Waals surface area contributed by atoms with Crippen molar-refractivity contribution in [2.45, 2.75) is 72.8 Å². The Morgan fingerprint density at radius 1 is 0.636 bits per heavy atom. The van der Waals surface area contributed by atoms with E-state index in [0.29, 0.717) is 35.7 Å². The molecule has 66 heavy (non-hydrogen) atoms. The predicted octanol–water partition coefficient (Wildman–Crippen LogP) is 7.28. The number of aliphatic imine (C=N–C) groups is 2. The number of nitrogens with one attached hydrogen (secondary N) is 2. The summed E-state index contributed by atoms with van der Waals surface area (Å²) in [5.41, 5.74) is 5.73. The molecule has 4 aromatic carbocycles. The lowest BCUT2D eigenvalue weighted by molar-refractivity contribution is -0.124. The van der Waals surface area contributed by atoms with Crippen molar-refractivity contribution in [3.05, 3.63) is 116 Å². The second-order valence-corrected chi connectivity index (χ2v) is 16.7. The quantitative estimate of drug-likeness (QED) is 0.0899. The molecular formula is C52H66IN7O6. The number of nitrogens with zero attached hydrogens (tertiary/aromatic N) is 5. The van der Waals surface area contributed by atoms with Gasteiger partial charge in [-0.2, -0.15) is 0 Å². The van der Waals surface area contributed by atoms with Crippen LogP contribution in [0.15, 0.2) is 94.9 Å². The molecule has 0 unspecified atom stereocenters. The molecule has 13 nitrogen and oxygen atoms in total. The molecule has 0 saturated heterocycles. The van der Waals surface area contributed by atoms with Gasteiger partial charge in [0.15, 0.2) is 12.1 Å². The summed E-state index contributed by atoms with van der Waals surface area (Å²) in [6.07, 6.45) is 4.49. The number of hydrogen-bond acceptors (Lipinski definition) is 11. The number of carbonyl (C=O) groups is 2. The van der Waals surface area contributed by atoms with E-state index in [1.807, 2.05) is 106 Å². The van der Waals surface area contributed by atoms with Crippen molar-refractivity contribution in [2.24, 2.45) is 9.98 Å². The Balaban J connectivity index is 0.000000266. The van der Waals surface area contributed by atoms with Crippen LogP contribution in [0.3, 0.4) is 0 Å². The molecule has 2 aliphatic rings. The third-order valence-electron chi connectivity index (χ3n) is 10.3. The summed E-state index contributed by atoms with van der Waals surface area (Å²) < 4.78 is 12.2. The van der Waals surface area contributed by atoms with Crippen molar-refractivity contribution >= 4 is 57.6 Å². The molecule has 0 spiro atoms. The van der Waals surface area contributed by atoms with Gasteiger partial charge in [0, 0.05) is 72.9 Å². The normalized spacial score (nSPS) is 16.5. The van der Waals surface area contributed by atoms with Crippen LogP contribution >= 0.6 is 22.6 Å². The zero-order valence-corrected chi connectivity index (χ0v) is 42.3. The zero-order valence-electron chi connectivity index (χ0n) is 40.1. The smallest absolute Gasteiger partial charge is 0.248 e. The van der Waals surface area contributed by atoms with E-state index in [9.17, 15) is 19.8 Å². The topological polar surface area (TPSA) is 152 Å². The van der Waals surface area contributed by atoms with Gasteiger partial charge in [0.05, 0.1) is 11.1 Å². The summed E-state index contributed by atoms with van der Waals surface area (Å²) in [5.74, 6) is 9.09. The maximum Gasteiger partial charge on any atom is 0.248 e. The minimum atomic E-state index is -0.617. The van der Waals surface area contributed by atoms with Gasteiger partial charge in [-0.15, -0.1) is 6.42 Å². The summed E-state index contributed by atoms with van der Waals surface area (Å²) in [6, 6.07) is 25.0. The van der Waals surface area contributed by atoms with Gasteiger partial charge < -0.3 is 45.0 Å². The summed E-state index contributed by atoms with van der Waals surface area (Å²) in [5, 5.41) is 25.8. The lowest BCUT2D eigenvalue weighted by Gasteiger charge is -2.13. The molecule has 0 bridgehead atoms. The number of ether oxygens (including phenoxy) is 2. The van der Waals surface area contributed by atoms with Crippen LogP contribution in [0.4, 0.5) is 11.4 Å². The maximum absolute atomic E-state index is 12.1. The van der Waals surface area contributed by atoms with E-state index in [1.54, 1.807) is 44.2 Å². The standard InChI is InChI=1S/C23H25N3O3.C13H15IN2O3.C10H11N.C6H15N/c1-5-24-22(28)21-15(2)29-23(25-21)19-13-10-17(14-20(19)27)7-6-16-8-11-18(12-9-16)26(3)4;1-3-15-12(18)11-7(2)19-13(16-11)9-5-4-8(14)6-10(9)17;1-4-9-5-7-10(8-6-9)11(2)3;1-4-7(5-2)6-3/h8-15,21,27H,5H2,1-4H3,(H,24,28);4-7,11,17H,3H2,1-2H3,(H,15,18);1,5-8H,2-3H3;4-6H2,1-3H3/t15-,21-;7-,11-;;/m00../s1. The largest absolute Gasteiger partial charge is 0.507 e. The van der Waals surface area contributed by atoms with E-state index < -0.39 is 12.1 Å². The number of anilines is 2. The average Bonchev–Trinajstić information content (AvgIpc) is 3.89. The highest BCUT2D eigenvalue weighted by Crippen LogP contribution is 2.27. The molecule has 4 N–H and O–H groups in total. The Kier molecular flexibility index (Phi) is 22.4. The van der Waals surface area contributed by atoms with Crippen LogP contribution in [-0.4, -0.2) is 124 Å². The Morgan fingerprint density at radius 3 is 1.39 bits per heavy atom. The second kappa shape index (κ2) is 27.3. The molecule has 4 aromatic rings. The number of phenols is 2. The average molecular weight is 1010 g/mol. The molecule has 2 amide bonds. The molecular weight excluding hydrogens is 946 g/mol. The monoisotopic (exact) mass is 1010 g/mol. The number of phenolic OH excluding ortho intramolecular Hbond substituents is 2. The van der Waals surface area contributed by atoms with Gasteiger partial charge in [0.2, 0.25) is 23.6 Å². The van der Waals surface area contributed by atoms with Crippen LogP contribution in [0, 0.1) is 27.8 Å². The SMILES string of the molecule is C#Cc1ccc(N(C)C)cc1.CCN(CC)CC.CCNC(=O)[C@H]1N=C(c2ccc(C#Cc3ccc(N(C)C)cc3)cc2O)O[C@H]1C.CCNC(=O)[C@H]1N=C(c2ccc(I)cc2O)O[C@H]1C. The summed E-state index contributed by atoms with van der Waals surface area (Å²) >= 11 is 2.11. The van der Waals surface area contributed by atoms with E-state index in [4.69, 9.17) is 15.9 Å². The second-order valence-electron chi connectivity index (χ2n) is 15.5. The van der Waals surface area contributed by atoms with Crippen LogP contribution in [0.2, 0.25) is 0 Å². The van der Waals surface area contributed by atoms with Gasteiger partial charge in [-0.3, -0.25) is 9.59 Å². The fourth-order valence-electron chi connectivity index (χ4n) is 6.36. The van der Waals surface area contributed by atoms with E-state index in [-0.39, 0.29) is 41.4 Å². The van der Waals surface area contributed by atoms with Crippen molar-refractivity contribution in [3.63, 3.8) is 0 Å². The van der Waals surface area contributed by atoms with E-state index in [2.05, 4.69) is 86.6 Å². The molecule has 0 aliphatic carbocycles. The van der Waals surface area contributed by atoms with Crippen molar-refractivity contribution in [1.29, 1.82) is 0 Å². The number of hydrogen-bond donors (Lipinski definition) is 4. The van der Waals surface area contributed by atoms with Crippen molar-refractivity contribution < 1.29 is 29.3 Å². The molecule has 6 rings (SSSR count). The first-order valence-corrected chi connectivity index (χ1v) is 23.2. The van der Waals surface area contributed by atoms with Gasteiger partial charge in [0.25, 0.3) is 0 Å². The molecule has 4 atom stereocenters. The highest BCUT2D eigenvalue weighted by molar-refractivity contribution is 14.1. The molecule has 0 aromatic heterocycles. The van der Waals surface area contributed by atoms with E-state index in [1.165, 1.54) is 25.3 Å². The minimum Gasteiger partial charge on any atom is -0.507 e. The van der Waals surface area contributed by atoms with E-state index >= 15 is 0 Å². The van der Waals surface area contributed by atoms with Crippen LogP contribution in [0.1, 0.15) is 76.3 Å². The number of rotatable bonds is 11. The first kappa shape index (κ1) is 54.1. The number of terminal acetylenes is 1. The lowest BCUT2D eigenvalue weighted by atomic mass is 10.1. The van der Waals surface area contributed by atoms with Crippen LogP contribution < -0.4 is 20.4 Å². The number of likely N-dealkylation sites (N-methyl/N-ethyl adjacent to an activating group) is 2. The number of halogens is 1. The molecule has 0 radical (unpaired) electrons. The summed E-state index contributed by atoms with van der Waals surface area (Å²) in [4.78, 5) is 38.9. The first-order valence-electron chi connectivity index (χ1n) is 22.1. The molecule has 2 aliphatic heterocycles. The van der Waals surface area contributed by atoms with Gasteiger partial charge >= 0.3 is 0 Å². The number of aromatic hydroxyl groups is 2. The Bertz CT molecular complexity index is 2360. The molecule has 14 heteroatoms. The van der Waals surface area contributed by atoms with Crippen molar-refractivity contribution in [3.8, 4) is 35.7 Å². The lowest BCUT2D eigenvalue weighted by Crippen LogP contribution is -2.38. The maximum atomic E-state index is 12.1. The molecule has 0 saturated carbocycles.